The first-order chi connectivity index (χ1) is 10.9. The van der Waals surface area contributed by atoms with Gasteiger partial charge in [0, 0.05) is 23.8 Å². The lowest BCUT2D eigenvalue weighted by Crippen LogP contribution is -2.40. The van der Waals surface area contributed by atoms with Crippen molar-refractivity contribution in [2.75, 3.05) is 0 Å². The molecule has 23 heavy (non-hydrogen) atoms. The van der Waals surface area contributed by atoms with Crippen molar-refractivity contribution in [1.82, 2.24) is 14.5 Å². The molecule has 0 saturated heterocycles. The molecule has 1 aromatic carbocycles. The number of aromatic nitrogens is 2. The van der Waals surface area contributed by atoms with Gasteiger partial charge in [-0.3, -0.25) is 18.7 Å². The maximum atomic E-state index is 12.2. The zero-order valence-electron chi connectivity index (χ0n) is 13.0. The van der Waals surface area contributed by atoms with Gasteiger partial charge >= 0.3 is 5.69 Å². The summed E-state index contributed by atoms with van der Waals surface area (Å²) in [6.07, 6.45) is 2.07. The van der Waals surface area contributed by atoms with E-state index in [0.717, 1.165) is 21.0 Å². The van der Waals surface area contributed by atoms with E-state index in [1.807, 2.05) is 31.2 Å². The van der Waals surface area contributed by atoms with Crippen molar-refractivity contribution >= 4 is 21.8 Å². The molecule has 1 amide bonds. The molecule has 122 valence electrons. The van der Waals surface area contributed by atoms with Crippen molar-refractivity contribution in [3.05, 3.63) is 67.4 Å². The van der Waals surface area contributed by atoms with E-state index < -0.39 is 11.2 Å². The molecular weight excluding hydrogens is 362 g/mol. The van der Waals surface area contributed by atoms with Crippen molar-refractivity contribution in [3.63, 3.8) is 0 Å². The van der Waals surface area contributed by atoms with Crippen LogP contribution in [0.15, 0.2) is 50.6 Å². The molecule has 1 unspecified atom stereocenters. The fourth-order valence-corrected chi connectivity index (χ4v) is 2.51. The van der Waals surface area contributed by atoms with Crippen molar-refractivity contribution in [1.29, 1.82) is 0 Å². The van der Waals surface area contributed by atoms with Crippen LogP contribution in [0.3, 0.4) is 0 Å². The highest BCUT2D eigenvalue weighted by atomic mass is 79.9. The van der Waals surface area contributed by atoms with Gasteiger partial charge in [-0.15, -0.1) is 0 Å². The Kier molecular flexibility index (Phi) is 5.54. The minimum Gasteiger partial charge on any atom is -0.348 e. The van der Waals surface area contributed by atoms with Gasteiger partial charge in [0.25, 0.3) is 5.56 Å². The molecule has 0 aliphatic carbocycles. The molecule has 0 fully saturated rings. The Morgan fingerprint density at radius 2 is 1.87 bits per heavy atom. The quantitative estimate of drug-likeness (QED) is 0.856. The number of rotatable bonds is 5. The Morgan fingerprint density at radius 1 is 1.22 bits per heavy atom. The lowest BCUT2D eigenvalue weighted by molar-refractivity contribution is -0.122. The highest BCUT2D eigenvalue weighted by Gasteiger charge is 2.14. The molecule has 0 aliphatic heterocycles. The molecular formula is C16H18BrN3O3. The predicted octanol–water partition coefficient (Wildman–Crippen LogP) is 1.58. The number of carbonyl (C=O) groups is 1. The topological polar surface area (TPSA) is 73.1 Å². The number of halogens is 1. The molecule has 6 nitrogen and oxygen atoms in total. The zero-order valence-corrected chi connectivity index (χ0v) is 14.5. The van der Waals surface area contributed by atoms with Gasteiger partial charge in [-0.1, -0.05) is 35.0 Å². The van der Waals surface area contributed by atoms with Gasteiger partial charge in [0.05, 0.1) is 6.04 Å². The van der Waals surface area contributed by atoms with E-state index >= 15 is 0 Å². The summed E-state index contributed by atoms with van der Waals surface area (Å²) < 4.78 is 3.16. The van der Waals surface area contributed by atoms with E-state index in [1.165, 1.54) is 23.9 Å². The third-order valence-corrected chi connectivity index (χ3v) is 4.12. The molecule has 0 bridgehead atoms. The van der Waals surface area contributed by atoms with E-state index in [9.17, 15) is 14.4 Å². The van der Waals surface area contributed by atoms with Gasteiger partial charge in [-0.05, 0) is 24.1 Å². The van der Waals surface area contributed by atoms with Gasteiger partial charge in [0.1, 0.15) is 6.54 Å². The third kappa shape index (κ3) is 4.19. The number of carbonyl (C=O) groups excluding carboxylic acids is 1. The van der Waals surface area contributed by atoms with Gasteiger partial charge in [-0.25, -0.2) is 4.79 Å². The standard InChI is InChI=1S/C16H18BrN3O3/c1-3-13(11-4-6-12(17)7-5-11)18-14(21)10-20-9-8-15(22)19(2)16(20)23/h4-9,13H,3,10H2,1-2H3,(H,18,21). The number of hydrogen-bond acceptors (Lipinski definition) is 3. The largest absolute Gasteiger partial charge is 0.348 e. The summed E-state index contributed by atoms with van der Waals surface area (Å²) in [5.41, 5.74) is 0.0918. The first kappa shape index (κ1) is 17.2. The summed E-state index contributed by atoms with van der Waals surface area (Å²) in [6, 6.07) is 8.86. The first-order valence-corrected chi connectivity index (χ1v) is 8.03. The zero-order chi connectivity index (χ0) is 17.0. The van der Waals surface area contributed by atoms with Crippen LogP contribution in [0.5, 0.6) is 0 Å². The van der Waals surface area contributed by atoms with Gasteiger partial charge in [-0.2, -0.15) is 0 Å². The molecule has 1 heterocycles. The molecule has 2 aromatic rings. The second-order valence-corrected chi connectivity index (χ2v) is 6.12. The minimum atomic E-state index is -0.510. The number of nitrogens with zero attached hydrogens (tertiary/aromatic N) is 2. The van der Waals surface area contributed by atoms with E-state index in [4.69, 9.17) is 0 Å². The van der Waals surface area contributed by atoms with Crippen LogP contribution in [0.25, 0.3) is 0 Å². The van der Waals surface area contributed by atoms with Crippen LogP contribution in [0.1, 0.15) is 24.9 Å². The van der Waals surface area contributed by atoms with Gasteiger partial charge in [0.2, 0.25) is 5.91 Å². The number of nitrogens with one attached hydrogen (secondary N) is 1. The Balaban J connectivity index is 2.12. The normalized spacial score (nSPS) is 12.0. The van der Waals surface area contributed by atoms with Crippen LogP contribution in [0, 0.1) is 0 Å². The van der Waals surface area contributed by atoms with Crippen molar-refractivity contribution in [2.24, 2.45) is 7.05 Å². The highest BCUT2D eigenvalue weighted by molar-refractivity contribution is 9.10. The Morgan fingerprint density at radius 3 is 2.48 bits per heavy atom. The molecule has 7 heteroatoms. The van der Waals surface area contributed by atoms with Crippen LogP contribution in [0.4, 0.5) is 0 Å². The molecule has 1 N–H and O–H groups in total. The maximum Gasteiger partial charge on any atom is 0.331 e. The van der Waals surface area contributed by atoms with Crippen molar-refractivity contribution in [2.45, 2.75) is 25.9 Å². The first-order valence-electron chi connectivity index (χ1n) is 7.23. The Labute approximate surface area is 141 Å². The van der Waals surface area contributed by atoms with Crippen LogP contribution in [0.2, 0.25) is 0 Å². The average Bonchev–Trinajstić information content (AvgIpc) is 2.54. The number of hydrogen-bond donors (Lipinski definition) is 1. The molecule has 1 atom stereocenters. The van der Waals surface area contributed by atoms with Crippen molar-refractivity contribution < 1.29 is 4.79 Å². The fourth-order valence-electron chi connectivity index (χ4n) is 2.25. The van der Waals surface area contributed by atoms with Crippen LogP contribution in [-0.2, 0) is 18.4 Å². The monoisotopic (exact) mass is 379 g/mol. The predicted molar refractivity (Wildman–Crippen MR) is 91.3 cm³/mol. The number of benzene rings is 1. The molecule has 0 radical (unpaired) electrons. The number of amides is 1. The summed E-state index contributed by atoms with van der Waals surface area (Å²) in [5.74, 6) is -0.277. The summed E-state index contributed by atoms with van der Waals surface area (Å²) >= 11 is 3.38. The van der Waals surface area contributed by atoms with Crippen LogP contribution < -0.4 is 16.6 Å². The van der Waals surface area contributed by atoms with E-state index in [0.29, 0.717) is 0 Å². The third-order valence-electron chi connectivity index (χ3n) is 3.59. The maximum absolute atomic E-state index is 12.2. The van der Waals surface area contributed by atoms with E-state index in [2.05, 4.69) is 21.2 Å². The molecule has 0 aliphatic rings. The molecule has 0 spiro atoms. The minimum absolute atomic E-state index is 0.125. The molecule has 2 rings (SSSR count). The second kappa shape index (κ2) is 7.41. The SMILES string of the molecule is CCC(NC(=O)Cn1ccc(=O)n(C)c1=O)c1ccc(Br)cc1. The van der Waals surface area contributed by atoms with Gasteiger partial charge in [0.15, 0.2) is 0 Å². The average molecular weight is 380 g/mol. The second-order valence-electron chi connectivity index (χ2n) is 5.20. The Hall–Kier alpha value is -2.15. The van der Waals surface area contributed by atoms with Crippen molar-refractivity contribution in [3.8, 4) is 0 Å². The molecule has 1 aromatic heterocycles. The Bertz CT molecular complexity index is 809. The van der Waals surface area contributed by atoms with Crippen LogP contribution >= 0.6 is 15.9 Å². The van der Waals surface area contributed by atoms with Gasteiger partial charge < -0.3 is 5.32 Å². The summed E-state index contributed by atoms with van der Waals surface area (Å²) in [6.45, 7) is 1.85. The summed E-state index contributed by atoms with van der Waals surface area (Å²) in [7, 11) is 1.38. The summed E-state index contributed by atoms with van der Waals surface area (Å²) in [4.78, 5) is 35.5. The smallest absolute Gasteiger partial charge is 0.331 e. The molecule has 0 saturated carbocycles. The van der Waals surface area contributed by atoms with E-state index in [1.54, 1.807) is 0 Å². The lowest BCUT2D eigenvalue weighted by Gasteiger charge is -2.18. The fraction of sp³-hybridized carbons (Fsp3) is 0.312. The lowest BCUT2D eigenvalue weighted by atomic mass is 10.0. The summed E-state index contributed by atoms with van der Waals surface area (Å²) in [5, 5.41) is 2.91. The van der Waals surface area contributed by atoms with E-state index in [-0.39, 0.29) is 18.5 Å². The highest BCUT2D eigenvalue weighted by Crippen LogP contribution is 2.19. The van der Waals surface area contributed by atoms with Crippen LogP contribution in [-0.4, -0.2) is 15.0 Å².